The molecule has 0 aliphatic rings. The van der Waals surface area contributed by atoms with Crippen LogP contribution in [-0.4, -0.2) is 57.5 Å². The van der Waals surface area contributed by atoms with Crippen LogP contribution in [0.4, 0.5) is 0 Å². The smallest absolute Gasteiger partial charge is 0.295 e. The molecular weight excluding hydrogens is 224 g/mol. The second-order valence-corrected chi connectivity index (χ2v) is 4.09. The molecule has 8 heteroatoms. The van der Waals surface area contributed by atoms with Gasteiger partial charge >= 0.3 is 0 Å². The van der Waals surface area contributed by atoms with Gasteiger partial charge in [0.05, 0.1) is 6.54 Å². The van der Waals surface area contributed by atoms with Crippen LogP contribution in [0.3, 0.4) is 0 Å². The molecule has 0 fully saturated rings. The highest BCUT2D eigenvalue weighted by molar-refractivity contribution is 5.93. The Hall–Kier alpha value is -1.99. The Bertz CT molecular complexity index is 375. The van der Waals surface area contributed by atoms with Crippen LogP contribution in [0.2, 0.25) is 0 Å². The zero-order valence-corrected chi connectivity index (χ0v) is 10.1. The van der Waals surface area contributed by atoms with Crippen molar-refractivity contribution in [1.82, 2.24) is 30.8 Å². The van der Waals surface area contributed by atoms with Gasteiger partial charge in [-0.25, -0.2) is 0 Å². The maximum absolute atomic E-state index is 11.6. The number of likely N-dealkylation sites (N-methyl/N-ethyl adjacent to an activating group) is 1. The lowest BCUT2D eigenvalue weighted by atomic mass is 10.2. The predicted molar refractivity (Wildman–Crippen MR) is 59.0 cm³/mol. The highest BCUT2D eigenvalue weighted by atomic mass is 16.2. The van der Waals surface area contributed by atoms with E-state index in [0.29, 0.717) is 12.5 Å². The summed E-state index contributed by atoms with van der Waals surface area (Å²) in [6.07, 6.45) is 0. The van der Waals surface area contributed by atoms with Gasteiger partial charge in [-0.1, -0.05) is 13.8 Å². The summed E-state index contributed by atoms with van der Waals surface area (Å²) in [5.41, 5.74) is 0. The van der Waals surface area contributed by atoms with E-state index in [0.717, 1.165) is 0 Å². The zero-order valence-electron chi connectivity index (χ0n) is 10.1. The van der Waals surface area contributed by atoms with E-state index in [-0.39, 0.29) is 18.3 Å². The molecule has 1 aromatic heterocycles. The number of amides is 2. The molecule has 1 aromatic rings. The summed E-state index contributed by atoms with van der Waals surface area (Å²) in [5.74, 6) is -0.335. The number of aromatic nitrogens is 4. The second kappa shape index (κ2) is 5.92. The summed E-state index contributed by atoms with van der Waals surface area (Å²) >= 11 is 0. The van der Waals surface area contributed by atoms with Gasteiger partial charge in [-0.05, 0) is 11.1 Å². The maximum atomic E-state index is 11.6. The van der Waals surface area contributed by atoms with Crippen LogP contribution in [0.25, 0.3) is 0 Å². The van der Waals surface area contributed by atoms with E-state index in [4.69, 9.17) is 0 Å². The summed E-state index contributed by atoms with van der Waals surface area (Å²) in [6.45, 7) is 4.55. The number of tetrazole rings is 1. The first-order valence-corrected chi connectivity index (χ1v) is 5.26. The van der Waals surface area contributed by atoms with Crippen LogP contribution in [0.15, 0.2) is 0 Å². The van der Waals surface area contributed by atoms with Gasteiger partial charge in [0.15, 0.2) is 0 Å². The van der Waals surface area contributed by atoms with Gasteiger partial charge in [-0.15, -0.1) is 10.2 Å². The van der Waals surface area contributed by atoms with E-state index in [1.165, 1.54) is 11.9 Å². The number of carbonyl (C=O) groups excluding carboxylic acids is 2. The van der Waals surface area contributed by atoms with E-state index < -0.39 is 5.91 Å². The van der Waals surface area contributed by atoms with Crippen LogP contribution < -0.4 is 5.32 Å². The van der Waals surface area contributed by atoms with Crippen LogP contribution >= 0.6 is 0 Å². The average molecular weight is 240 g/mol. The minimum Gasteiger partial charge on any atom is -0.354 e. The molecule has 0 radical (unpaired) electrons. The van der Waals surface area contributed by atoms with Gasteiger partial charge in [0.1, 0.15) is 0 Å². The zero-order chi connectivity index (χ0) is 12.8. The first-order chi connectivity index (χ1) is 8.00. The van der Waals surface area contributed by atoms with Crippen molar-refractivity contribution in [3.63, 3.8) is 0 Å². The largest absolute Gasteiger partial charge is 0.354 e. The Morgan fingerprint density at radius 1 is 1.47 bits per heavy atom. The number of H-pyrrole nitrogens is 1. The van der Waals surface area contributed by atoms with Crippen molar-refractivity contribution in [2.45, 2.75) is 13.8 Å². The van der Waals surface area contributed by atoms with Gasteiger partial charge in [0.25, 0.3) is 11.7 Å². The molecule has 0 aliphatic carbocycles. The summed E-state index contributed by atoms with van der Waals surface area (Å²) < 4.78 is 0. The van der Waals surface area contributed by atoms with E-state index in [9.17, 15) is 9.59 Å². The Morgan fingerprint density at radius 3 is 2.71 bits per heavy atom. The Balaban J connectivity index is 2.41. The minimum absolute atomic E-state index is 0.0277. The minimum atomic E-state index is -0.446. The molecule has 0 unspecified atom stereocenters. The third-order valence-electron chi connectivity index (χ3n) is 1.97. The fourth-order valence-electron chi connectivity index (χ4n) is 1.08. The van der Waals surface area contributed by atoms with Crippen molar-refractivity contribution in [2.75, 3.05) is 20.1 Å². The normalized spacial score (nSPS) is 10.4. The summed E-state index contributed by atoms with van der Waals surface area (Å²) in [6, 6.07) is 0. The molecule has 8 nitrogen and oxygen atoms in total. The molecule has 0 saturated carbocycles. The van der Waals surface area contributed by atoms with Gasteiger partial charge in [-0.2, -0.15) is 5.21 Å². The molecule has 0 aromatic carbocycles. The van der Waals surface area contributed by atoms with E-state index >= 15 is 0 Å². The SMILES string of the molecule is CC(C)CNC(=O)CN(C)C(=O)c1nn[nH]n1. The first kappa shape index (κ1) is 13.1. The molecule has 2 N–H and O–H groups in total. The molecule has 0 aliphatic heterocycles. The quantitative estimate of drug-likeness (QED) is 0.690. The summed E-state index contributed by atoms with van der Waals surface area (Å²) in [4.78, 5) is 24.3. The third-order valence-corrected chi connectivity index (χ3v) is 1.97. The fraction of sp³-hybridized carbons (Fsp3) is 0.667. The van der Waals surface area contributed by atoms with E-state index in [2.05, 4.69) is 25.9 Å². The molecular formula is C9H16N6O2. The standard InChI is InChI=1S/C9H16N6O2/c1-6(2)4-10-7(16)5-15(3)9(17)8-11-13-14-12-8/h6H,4-5H2,1-3H3,(H,10,16)(H,11,12,13,14). The fourth-order valence-corrected chi connectivity index (χ4v) is 1.08. The monoisotopic (exact) mass is 240 g/mol. The molecule has 0 spiro atoms. The number of hydrogen-bond acceptors (Lipinski definition) is 5. The van der Waals surface area contributed by atoms with Crippen molar-refractivity contribution in [3.05, 3.63) is 5.82 Å². The predicted octanol–water partition coefficient (Wildman–Crippen LogP) is -0.956. The van der Waals surface area contributed by atoms with Gasteiger partial charge < -0.3 is 10.2 Å². The molecule has 0 atom stereocenters. The number of nitrogens with zero attached hydrogens (tertiary/aromatic N) is 4. The lowest BCUT2D eigenvalue weighted by Crippen LogP contribution is -2.39. The number of carbonyl (C=O) groups is 2. The molecule has 94 valence electrons. The van der Waals surface area contributed by atoms with Crippen molar-refractivity contribution >= 4 is 11.8 Å². The van der Waals surface area contributed by atoms with Crippen LogP contribution in [0.1, 0.15) is 24.5 Å². The highest BCUT2D eigenvalue weighted by Gasteiger charge is 2.18. The topological polar surface area (TPSA) is 104 Å². The molecule has 0 saturated heterocycles. The van der Waals surface area contributed by atoms with Gasteiger partial charge in [-0.3, -0.25) is 9.59 Å². The third kappa shape index (κ3) is 4.17. The van der Waals surface area contributed by atoms with Crippen molar-refractivity contribution in [1.29, 1.82) is 0 Å². The number of nitrogens with one attached hydrogen (secondary N) is 2. The van der Waals surface area contributed by atoms with Gasteiger partial charge in [0, 0.05) is 13.6 Å². The lowest BCUT2D eigenvalue weighted by Gasteiger charge is -2.15. The van der Waals surface area contributed by atoms with Crippen LogP contribution in [0.5, 0.6) is 0 Å². The van der Waals surface area contributed by atoms with Crippen molar-refractivity contribution < 1.29 is 9.59 Å². The van der Waals surface area contributed by atoms with Crippen LogP contribution in [0, 0.1) is 5.92 Å². The first-order valence-electron chi connectivity index (χ1n) is 5.26. The number of hydrogen-bond donors (Lipinski definition) is 2. The summed E-state index contributed by atoms with van der Waals surface area (Å²) in [7, 11) is 1.51. The van der Waals surface area contributed by atoms with Crippen molar-refractivity contribution in [3.8, 4) is 0 Å². The Morgan fingerprint density at radius 2 is 2.18 bits per heavy atom. The van der Waals surface area contributed by atoms with E-state index in [1.54, 1.807) is 0 Å². The second-order valence-electron chi connectivity index (χ2n) is 4.09. The number of rotatable bonds is 5. The Kier molecular flexibility index (Phi) is 4.56. The highest BCUT2D eigenvalue weighted by Crippen LogP contribution is 1.93. The van der Waals surface area contributed by atoms with Crippen molar-refractivity contribution in [2.24, 2.45) is 5.92 Å². The van der Waals surface area contributed by atoms with Crippen LogP contribution in [-0.2, 0) is 4.79 Å². The summed E-state index contributed by atoms with van der Waals surface area (Å²) in [5, 5.41) is 15.3. The number of aromatic amines is 1. The van der Waals surface area contributed by atoms with Gasteiger partial charge in [0.2, 0.25) is 5.91 Å². The average Bonchev–Trinajstić information content (AvgIpc) is 2.78. The molecule has 2 amide bonds. The molecule has 1 rings (SSSR count). The molecule has 1 heterocycles. The molecule has 0 bridgehead atoms. The lowest BCUT2D eigenvalue weighted by molar-refractivity contribution is -0.121. The van der Waals surface area contributed by atoms with E-state index in [1.807, 2.05) is 13.8 Å². The Labute approximate surface area is 98.8 Å². The molecule has 17 heavy (non-hydrogen) atoms. The maximum Gasteiger partial charge on any atom is 0.295 e.